The Morgan fingerprint density at radius 3 is 2.22 bits per heavy atom. The summed E-state index contributed by atoms with van der Waals surface area (Å²) in [6.07, 6.45) is 0. The van der Waals surface area contributed by atoms with Crippen molar-refractivity contribution in [3.05, 3.63) is 9.65 Å². The van der Waals surface area contributed by atoms with E-state index in [1.54, 1.807) is 6.92 Å². The maximum atomic E-state index is 12.2. The second-order valence-electron chi connectivity index (χ2n) is 1.17. The molecule has 5 heteroatoms. The molecule has 1 atom stereocenters. The molecule has 0 fully saturated rings. The molecule has 0 N–H and O–H groups in total. The van der Waals surface area contributed by atoms with Crippen molar-refractivity contribution < 1.29 is 8.60 Å². The fraction of sp³-hybridized carbons (Fsp3) is 0.500. The van der Waals surface area contributed by atoms with Crippen molar-refractivity contribution in [2.45, 2.75) is 6.92 Å². The van der Waals surface area contributed by atoms with E-state index in [1.807, 2.05) is 0 Å². The van der Waals surface area contributed by atoms with Crippen LogP contribution in [0.25, 0.3) is 0 Å². The molecule has 0 rings (SSSR count). The number of halogens is 3. The highest BCUT2D eigenvalue weighted by Gasteiger charge is 2.07. The van der Waals surface area contributed by atoms with Crippen LogP contribution in [-0.4, -0.2) is 9.96 Å². The largest absolute Gasteiger partial charge is 0.252 e. The summed E-state index contributed by atoms with van der Waals surface area (Å²) in [6.45, 7) is 1.58. The molecule has 0 aliphatic carbocycles. The zero-order valence-electron chi connectivity index (χ0n) is 4.66. The standard InChI is InChI=1S/C4H5Cl2FOS/c1-2-9(8)4(7)3(5)6/h2H2,1H3. The van der Waals surface area contributed by atoms with Gasteiger partial charge in [-0.25, -0.2) is 0 Å². The summed E-state index contributed by atoms with van der Waals surface area (Å²) in [5, 5.41) is -0.944. The van der Waals surface area contributed by atoms with E-state index in [2.05, 4.69) is 0 Å². The van der Waals surface area contributed by atoms with Crippen LogP contribution >= 0.6 is 23.2 Å². The molecule has 0 aliphatic rings. The Balaban J connectivity index is 4.21. The average molecular weight is 191 g/mol. The lowest BCUT2D eigenvalue weighted by atomic mass is 11.0. The molecule has 0 bridgehead atoms. The molecule has 1 nitrogen and oxygen atoms in total. The van der Waals surface area contributed by atoms with Gasteiger partial charge in [0.05, 0.1) is 10.8 Å². The van der Waals surface area contributed by atoms with Crippen molar-refractivity contribution in [3.63, 3.8) is 0 Å². The minimum atomic E-state index is -1.65. The summed E-state index contributed by atoms with van der Waals surface area (Å²) in [7, 11) is -1.65. The van der Waals surface area contributed by atoms with Gasteiger partial charge in [-0.2, -0.15) is 4.39 Å². The van der Waals surface area contributed by atoms with Gasteiger partial charge < -0.3 is 0 Å². The van der Waals surface area contributed by atoms with Crippen LogP contribution in [0.3, 0.4) is 0 Å². The molecule has 0 radical (unpaired) electrons. The summed E-state index contributed by atoms with van der Waals surface area (Å²) >= 11 is 9.96. The van der Waals surface area contributed by atoms with E-state index >= 15 is 0 Å². The van der Waals surface area contributed by atoms with Crippen LogP contribution < -0.4 is 0 Å². The van der Waals surface area contributed by atoms with Crippen molar-refractivity contribution in [2.75, 3.05) is 5.75 Å². The quantitative estimate of drug-likeness (QED) is 0.654. The number of rotatable bonds is 2. The average Bonchev–Trinajstić information content (AvgIpc) is 1.84. The van der Waals surface area contributed by atoms with E-state index in [-0.39, 0.29) is 5.75 Å². The van der Waals surface area contributed by atoms with E-state index in [1.165, 1.54) is 0 Å². The lowest BCUT2D eigenvalue weighted by Gasteiger charge is -1.91. The molecule has 0 saturated heterocycles. The SMILES string of the molecule is CCS(=O)C(F)=C(Cl)Cl. The van der Waals surface area contributed by atoms with E-state index in [4.69, 9.17) is 23.2 Å². The Bertz CT molecular complexity index is 153. The van der Waals surface area contributed by atoms with Crippen LogP contribution in [0.15, 0.2) is 9.65 Å². The first-order chi connectivity index (χ1) is 4.09. The summed E-state index contributed by atoms with van der Waals surface area (Å²) in [6, 6.07) is 0. The normalized spacial score (nSPS) is 12.9. The minimum absolute atomic E-state index is 0.189. The van der Waals surface area contributed by atoms with E-state index < -0.39 is 20.4 Å². The minimum Gasteiger partial charge on any atom is -0.252 e. The summed E-state index contributed by atoms with van der Waals surface area (Å²) in [5.74, 6) is 0.189. The van der Waals surface area contributed by atoms with Crippen LogP contribution in [-0.2, 0) is 10.8 Å². The fourth-order valence-corrected chi connectivity index (χ4v) is 1.15. The highest BCUT2D eigenvalue weighted by molar-refractivity contribution is 7.88. The predicted octanol–water partition coefficient (Wildman–Crippen LogP) is 2.33. The third-order valence-electron chi connectivity index (χ3n) is 0.611. The van der Waals surface area contributed by atoms with Crippen molar-refractivity contribution in [3.8, 4) is 0 Å². The van der Waals surface area contributed by atoms with Gasteiger partial charge in [-0.05, 0) is 0 Å². The van der Waals surface area contributed by atoms with Gasteiger partial charge in [0.1, 0.15) is 0 Å². The molecule has 0 aliphatic heterocycles. The van der Waals surface area contributed by atoms with Crippen LogP contribution in [0.1, 0.15) is 6.92 Å². The highest BCUT2D eigenvalue weighted by atomic mass is 35.5. The first-order valence-electron chi connectivity index (χ1n) is 2.18. The summed E-state index contributed by atoms with van der Waals surface area (Å²) < 4.78 is 22.2. The van der Waals surface area contributed by atoms with Gasteiger partial charge >= 0.3 is 0 Å². The van der Waals surface area contributed by atoms with Gasteiger partial charge in [0, 0.05) is 5.75 Å². The molecule has 0 aromatic heterocycles. The second kappa shape index (κ2) is 4.25. The third kappa shape index (κ3) is 3.18. The van der Waals surface area contributed by atoms with Gasteiger partial charge in [0.2, 0.25) is 5.16 Å². The molecular formula is C4H5Cl2FOS. The molecule has 0 spiro atoms. The van der Waals surface area contributed by atoms with Gasteiger partial charge in [-0.15, -0.1) is 0 Å². The van der Waals surface area contributed by atoms with Gasteiger partial charge in [-0.1, -0.05) is 30.1 Å². The Labute approximate surface area is 65.3 Å². The zero-order chi connectivity index (χ0) is 7.44. The van der Waals surface area contributed by atoms with Crippen molar-refractivity contribution in [1.82, 2.24) is 0 Å². The summed E-state index contributed by atoms with van der Waals surface area (Å²) in [5.41, 5.74) is 0. The van der Waals surface area contributed by atoms with Crippen molar-refractivity contribution in [2.24, 2.45) is 0 Å². The molecule has 1 unspecified atom stereocenters. The number of hydrogen-bond donors (Lipinski definition) is 0. The Morgan fingerprint density at radius 2 is 2.11 bits per heavy atom. The van der Waals surface area contributed by atoms with Crippen LogP contribution in [0, 0.1) is 0 Å². The van der Waals surface area contributed by atoms with Crippen molar-refractivity contribution >= 4 is 34.0 Å². The fourth-order valence-electron chi connectivity index (χ4n) is 0.213. The Morgan fingerprint density at radius 1 is 1.67 bits per heavy atom. The monoisotopic (exact) mass is 190 g/mol. The first-order valence-corrected chi connectivity index (χ1v) is 4.26. The predicted molar refractivity (Wildman–Crippen MR) is 38.5 cm³/mol. The van der Waals surface area contributed by atoms with Gasteiger partial charge in [-0.3, -0.25) is 4.21 Å². The first kappa shape index (κ1) is 9.40. The molecule has 54 valence electrons. The Hall–Kier alpha value is 0.400. The maximum Gasteiger partial charge on any atom is 0.216 e. The molecule has 0 heterocycles. The summed E-state index contributed by atoms with van der Waals surface area (Å²) in [4.78, 5) is 0. The topological polar surface area (TPSA) is 17.1 Å². The molecule has 0 aromatic rings. The zero-order valence-corrected chi connectivity index (χ0v) is 6.99. The van der Waals surface area contributed by atoms with E-state index in [0.29, 0.717) is 0 Å². The molecular weight excluding hydrogens is 186 g/mol. The maximum absolute atomic E-state index is 12.2. The van der Waals surface area contributed by atoms with E-state index in [0.717, 1.165) is 0 Å². The second-order valence-corrected chi connectivity index (χ2v) is 3.74. The lowest BCUT2D eigenvalue weighted by molar-refractivity contribution is 0.651. The molecule has 9 heavy (non-hydrogen) atoms. The Kier molecular flexibility index (Phi) is 4.44. The van der Waals surface area contributed by atoms with Crippen LogP contribution in [0.2, 0.25) is 0 Å². The van der Waals surface area contributed by atoms with Gasteiger partial charge in [0.15, 0.2) is 4.49 Å². The molecule has 0 aromatic carbocycles. The molecule has 0 amide bonds. The molecule has 0 saturated carbocycles. The van der Waals surface area contributed by atoms with E-state index in [9.17, 15) is 8.60 Å². The van der Waals surface area contributed by atoms with Crippen LogP contribution in [0.4, 0.5) is 4.39 Å². The van der Waals surface area contributed by atoms with Crippen molar-refractivity contribution in [1.29, 1.82) is 0 Å². The highest BCUT2D eigenvalue weighted by Crippen LogP contribution is 2.18. The smallest absolute Gasteiger partial charge is 0.216 e. The van der Waals surface area contributed by atoms with Gasteiger partial charge in [0.25, 0.3) is 0 Å². The van der Waals surface area contributed by atoms with Crippen LogP contribution in [0.5, 0.6) is 0 Å². The number of hydrogen-bond acceptors (Lipinski definition) is 1. The third-order valence-corrected chi connectivity index (χ3v) is 2.29. The lowest BCUT2D eigenvalue weighted by Crippen LogP contribution is -1.92.